The lowest BCUT2D eigenvalue weighted by Gasteiger charge is -2.39. The maximum atomic E-state index is 13.8. The molecular formula is C22H35F3N4O3. The molecule has 8 atom stereocenters. The minimum Gasteiger partial charge on any atom is -0.481 e. The summed E-state index contributed by atoms with van der Waals surface area (Å²) >= 11 is 0. The van der Waals surface area contributed by atoms with Crippen molar-refractivity contribution in [3.05, 3.63) is 0 Å². The topological polar surface area (TPSA) is 84.9 Å². The van der Waals surface area contributed by atoms with Crippen LogP contribution in [0.4, 0.5) is 13.2 Å². The number of nitrogens with one attached hydrogen (secondary N) is 2. The molecule has 4 fully saturated rings. The Kier molecular flexibility index (Phi) is 6.76. The summed E-state index contributed by atoms with van der Waals surface area (Å²) in [5.74, 6) is -5.09. The summed E-state index contributed by atoms with van der Waals surface area (Å²) in [4.78, 5) is 28.6. The van der Waals surface area contributed by atoms with Crippen LogP contribution >= 0.6 is 0 Å². The maximum Gasteiger partial charge on any atom is 0.392 e. The minimum absolute atomic E-state index is 0.0289. The van der Waals surface area contributed by atoms with Crippen LogP contribution in [-0.4, -0.2) is 65.4 Å². The minimum atomic E-state index is -4.48. The van der Waals surface area contributed by atoms with Crippen molar-refractivity contribution in [3.63, 3.8) is 0 Å². The Hall–Kier alpha value is -1.39. The van der Waals surface area contributed by atoms with Crippen molar-refractivity contribution in [2.75, 3.05) is 20.3 Å². The number of halogens is 3. The number of rotatable bonds is 5. The first-order valence-electron chi connectivity index (χ1n) is 11.8. The van der Waals surface area contributed by atoms with E-state index in [1.54, 1.807) is 4.90 Å². The first-order valence-corrected chi connectivity index (χ1v) is 11.8. The average molecular weight is 461 g/mol. The lowest BCUT2D eigenvalue weighted by Crippen LogP contribution is -2.43. The van der Waals surface area contributed by atoms with Crippen LogP contribution in [0.3, 0.4) is 0 Å². The van der Waals surface area contributed by atoms with Gasteiger partial charge in [0.05, 0.1) is 24.7 Å². The highest BCUT2D eigenvalue weighted by Crippen LogP contribution is 2.51. The third-order valence-electron chi connectivity index (χ3n) is 8.54. The zero-order chi connectivity index (χ0) is 23.2. The van der Waals surface area contributed by atoms with Gasteiger partial charge in [-0.15, -0.1) is 0 Å². The van der Waals surface area contributed by atoms with E-state index < -0.39 is 42.2 Å². The number of nitrogens with zero attached hydrogens (tertiary/aromatic N) is 2. The van der Waals surface area contributed by atoms with E-state index in [4.69, 9.17) is 0 Å². The molecule has 0 radical (unpaired) electrons. The van der Waals surface area contributed by atoms with Gasteiger partial charge in [-0.2, -0.15) is 13.2 Å². The van der Waals surface area contributed by atoms with Crippen LogP contribution in [0.1, 0.15) is 51.9 Å². The molecule has 0 aromatic heterocycles. The molecule has 0 bridgehead atoms. The molecule has 0 aromatic carbocycles. The van der Waals surface area contributed by atoms with Crippen molar-refractivity contribution in [1.29, 1.82) is 0 Å². The number of likely N-dealkylation sites (tertiary alicyclic amines) is 1. The number of aliphatic carboxylic acids is 1. The van der Waals surface area contributed by atoms with Gasteiger partial charge in [0.25, 0.3) is 0 Å². The fourth-order valence-corrected chi connectivity index (χ4v) is 6.61. The number of carboxylic acid groups (broad SMARTS) is 1. The third-order valence-corrected chi connectivity index (χ3v) is 8.54. The van der Waals surface area contributed by atoms with Gasteiger partial charge in [-0.05, 0) is 56.9 Å². The lowest BCUT2D eigenvalue weighted by molar-refractivity contribution is -0.205. The standard InChI is InChI=1S/C22H35F3N4O3/c1-12(6-19-27-26-11-28(19)2)13-4-3-5-15(7-13)29-10-17-16(20(29)30)8-14(21(31)32)9-18(17)22(23,24)25/h12-19,26-27H,3-11H2,1-2H3,(H,31,32)/t12-,13?,14?,15?,16?,17?,18?,19?/m1/s1. The van der Waals surface area contributed by atoms with Crippen LogP contribution in [0.15, 0.2) is 0 Å². The van der Waals surface area contributed by atoms with Crippen molar-refractivity contribution in [2.45, 2.75) is 70.3 Å². The Balaban J connectivity index is 1.44. The molecule has 2 saturated carbocycles. The predicted molar refractivity (Wildman–Crippen MR) is 111 cm³/mol. The van der Waals surface area contributed by atoms with E-state index in [-0.39, 0.29) is 31.1 Å². The van der Waals surface area contributed by atoms with E-state index in [1.807, 2.05) is 0 Å². The highest BCUT2D eigenvalue weighted by molar-refractivity contribution is 5.83. The number of alkyl halides is 3. The molecular weight excluding hydrogens is 425 g/mol. The number of hydrazine groups is 1. The van der Waals surface area contributed by atoms with Crippen LogP contribution < -0.4 is 10.9 Å². The van der Waals surface area contributed by atoms with E-state index in [1.165, 1.54) is 0 Å². The van der Waals surface area contributed by atoms with E-state index >= 15 is 0 Å². The van der Waals surface area contributed by atoms with Gasteiger partial charge in [0.2, 0.25) is 5.91 Å². The van der Waals surface area contributed by atoms with Crippen LogP contribution in [0.5, 0.6) is 0 Å². The molecule has 3 N–H and O–H groups in total. The fourth-order valence-electron chi connectivity index (χ4n) is 6.61. The number of carbonyl (C=O) groups is 2. The Morgan fingerprint density at radius 1 is 1.25 bits per heavy atom. The molecule has 4 rings (SSSR count). The summed E-state index contributed by atoms with van der Waals surface area (Å²) in [6.07, 6.45) is 0.0201. The Morgan fingerprint density at radius 3 is 2.62 bits per heavy atom. The second-order valence-electron chi connectivity index (χ2n) is 10.5. The summed E-state index contributed by atoms with van der Waals surface area (Å²) in [5.41, 5.74) is 6.41. The van der Waals surface area contributed by atoms with Gasteiger partial charge in [-0.3, -0.25) is 14.5 Å². The first-order chi connectivity index (χ1) is 15.1. The van der Waals surface area contributed by atoms with Crippen LogP contribution in [0.25, 0.3) is 0 Å². The Bertz CT molecular complexity index is 721. The SMILES string of the molecule is C[C@H](CC1NNCN1C)C1CCCC(N2CC3C(CC(C(=O)O)CC3C(F)(F)F)C2=O)C1. The molecule has 10 heteroatoms. The predicted octanol–water partition coefficient (Wildman–Crippen LogP) is 2.64. The number of hydrogen-bond donors (Lipinski definition) is 3. The van der Waals surface area contributed by atoms with E-state index in [9.17, 15) is 27.9 Å². The van der Waals surface area contributed by atoms with E-state index in [0.717, 1.165) is 38.8 Å². The Labute approximate surface area is 187 Å². The highest BCUT2D eigenvalue weighted by atomic mass is 19.4. The smallest absolute Gasteiger partial charge is 0.392 e. The largest absolute Gasteiger partial charge is 0.481 e. The highest BCUT2D eigenvalue weighted by Gasteiger charge is 2.58. The third kappa shape index (κ3) is 4.63. The summed E-state index contributed by atoms with van der Waals surface area (Å²) in [5, 5.41) is 9.37. The van der Waals surface area contributed by atoms with Gasteiger partial charge < -0.3 is 10.0 Å². The molecule has 4 aliphatic rings. The molecule has 2 aliphatic carbocycles. The van der Waals surface area contributed by atoms with Crippen LogP contribution in [-0.2, 0) is 9.59 Å². The molecule has 7 nitrogen and oxygen atoms in total. The molecule has 2 aliphatic heterocycles. The molecule has 1 amide bonds. The molecule has 182 valence electrons. The summed E-state index contributed by atoms with van der Waals surface area (Å²) in [6.45, 7) is 3.12. The van der Waals surface area contributed by atoms with Crippen LogP contribution in [0, 0.1) is 35.5 Å². The lowest BCUT2D eigenvalue weighted by atomic mass is 9.68. The van der Waals surface area contributed by atoms with Gasteiger partial charge in [-0.1, -0.05) is 19.8 Å². The fraction of sp³-hybridized carbons (Fsp3) is 0.909. The number of hydrogen-bond acceptors (Lipinski definition) is 5. The van der Waals surface area contributed by atoms with Gasteiger partial charge >= 0.3 is 12.1 Å². The van der Waals surface area contributed by atoms with Crippen molar-refractivity contribution in [2.24, 2.45) is 35.5 Å². The quantitative estimate of drug-likeness (QED) is 0.585. The summed E-state index contributed by atoms with van der Waals surface area (Å²) in [6, 6.07) is -0.0427. The molecule has 32 heavy (non-hydrogen) atoms. The second-order valence-corrected chi connectivity index (χ2v) is 10.5. The van der Waals surface area contributed by atoms with Gasteiger partial charge in [0, 0.05) is 18.5 Å². The van der Waals surface area contributed by atoms with Gasteiger partial charge in [0.15, 0.2) is 0 Å². The normalized spacial score (nSPS) is 39.8. The summed E-state index contributed by atoms with van der Waals surface area (Å²) < 4.78 is 41.3. The van der Waals surface area contributed by atoms with Gasteiger partial charge in [0.1, 0.15) is 0 Å². The Morgan fingerprint density at radius 2 is 2.00 bits per heavy atom. The molecule has 0 spiro atoms. The maximum absolute atomic E-state index is 13.8. The number of amides is 1. The van der Waals surface area contributed by atoms with E-state index in [2.05, 4.69) is 29.7 Å². The number of fused-ring (bicyclic) bond motifs is 1. The van der Waals surface area contributed by atoms with Crippen molar-refractivity contribution < 1.29 is 27.9 Å². The molecule has 2 heterocycles. The molecule has 0 aromatic rings. The summed E-state index contributed by atoms with van der Waals surface area (Å²) in [7, 11) is 2.06. The first kappa shape index (κ1) is 23.8. The van der Waals surface area contributed by atoms with Crippen LogP contribution in [0.2, 0.25) is 0 Å². The zero-order valence-electron chi connectivity index (χ0n) is 18.8. The monoisotopic (exact) mass is 460 g/mol. The van der Waals surface area contributed by atoms with E-state index in [0.29, 0.717) is 11.8 Å². The molecule has 7 unspecified atom stereocenters. The van der Waals surface area contributed by atoms with Crippen molar-refractivity contribution >= 4 is 11.9 Å². The zero-order valence-corrected chi connectivity index (χ0v) is 18.8. The second kappa shape index (κ2) is 9.10. The number of carboxylic acids is 1. The van der Waals surface area contributed by atoms with Crippen molar-refractivity contribution in [1.82, 2.24) is 20.7 Å². The number of carbonyl (C=O) groups excluding carboxylic acids is 1. The van der Waals surface area contributed by atoms with Gasteiger partial charge in [-0.25, -0.2) is 10.9 Å². The molecule has 2 saturated heterocycles. The van der Waals surface area contributed by atoms with Crippen molar-refractivity contribution in [3.8, 4) is 0 Å². The average Bonchev–Trinajstić information content (AvgIpc) is 3.29.